The van der Waals surface area contributed by atoms with Crippen molar-refractivity contribution >= 4 is 35.2 Å². The second kappa shape index (κ2) is 8.04. The molecule has 0 saturated carbocycles. The van der Waals surface area contributed by atoms with Gasteiger partial charge in [0.15, 0.2) is 0 Å². The van der Waals surface area contributed by atoms with Crippen LogP contribution in [0, 0.1) is 6.92 Å². The third-order valence-corrected chi connectivity index (χ3v) is 3.95. The Bertz CT molecular complexity index is 655. The first-order valence-electron chi connectivity index (χ1n) is 6.24. The Hall–Kier alpha value is -1.74. The van der Waals surface area contributed by atoms with Crippen LogP contribution in [0.5, 0.6) is 0 Å². The lowest BCUT2D eigenvalue weighted by Crippen LogP contribution is -2.19. The molecule has 9 heteroatoms. The molecule has 0 radical (unpaired) electrons. The summed E-state index contributed by atoms with van der Waals surface area (Å²) in [7, 11) is 0. The SMILES string of the molecule is Cc1nc(CC(=O)NN=Cc2ccc(CSC(F)F)o2)cs1. The first-order chi connectivity index (χ1) is 10.5. The Labute approximate surface area is 133 Å². The Morgan fingerprint density at radius 2 is 2.41 bits per heavy atom. The smallest absolute Gasteiger partial charge is 0.284 e. The second-order valence-corrected chi connectivity index (χ2v) is 6.24. The number of furan rings is 1. The molecule has 22 heavy (non-hydrogen) atoms. The van der Waals surface area contributed by atoms with E-state index in [0.717, 1.165) is 5.01 Å². The summed E-state index contributed by atoms with van der Waals surface area (Å²) >= 11 is 1.96. The maximum Gasteiger partial charge on any atom is 0.284 e. The van der Waals surface area contributed by atoms with Crippen LogP contribution in [-0.2, 0) is 17.0 Å². The fraction of sp³-hybridized carbons (Fsp3) is 0.308. The van der Waals surface area contributed by atoms with Crippen LogP contribution in [0.1, 0.15) is 22.2 Å². The van der Waals surface area contributed by atoms with Gasteiger partial charge in [-0.2, -0.15) is 13.9 Å². The summed E-state index contributed by atoms with van der Waals surface area (Å²) in [5, 5.41) is 6.47. The fourth-order valence-electron chi connectivity index (χ4n) is 1.55. The molecule has 2 heterocycles. The van der Waals surface area contributed by atoms with E-state index < -0.39 is 5.76 Å². The molecule has 0 bridgehead atoms. The van der Waals surface area contributed by atoms with Crippen LogP contribution in [0.2, 0.25) is 0 Å². The maximum atomic E-state index is 12.0. The molecule has 118 valence electrons. The minimum Gasteiger partial charge on any atom is -0.459 e. The summed E-state index contributed by atoms with van der Waals surface area (Å²) in [6.07, 6.45) is 1.47. The van der Waals surface area contributed by atoms with Crippen molar-refractivity contribution in [3.8, 4) is 0 Å². The van der Waals surface area contributed by atoms with E-state index in [1.54, 1.807) is 12.1 Å². The normalized spacial score (nSPS) is 11.5. The quantitative estimate of drug-likeness (QED) is 0.618. The van der Waals surface area contributed by atoms with Crippen molar-refractivity contribution in [3.63, 3.8) is 0 Å². The van der Waals surface area contributed by atoms with Gasteiger partial charge in [-0.3, -0.25) is 4.79 Å². The Morgan fingerprint density at radius 3 is 3.09 bits per heavy atom. The van der Waals surface area contributed by atoms with E-state index in [0.29, 0.717) is 29.0 Å². The molecule has 0 fully saturated rings. The van der Waals surface area contributed by atoms with Crippen molar-refractivity contribution < 1.29 is 18.0 Å². The van der Waals surface area contributed by atoms with Gasteiger partial charge >= 0.3 is 0 Å². The van der Waals surface area contributed by atoms with Gasteiger partial charge in [0.1, 0.15) is 11.5 Å². The lowest BCUT2D eigenvalue weighted by Gasteiger charge is -1.96. The zero-order valence-corrected chi connectivity index (χ0v) is 13.2. The first kappa shape index (κ1) is 16.6. The number of hydrazone groups is 1. The Morgan fingerprint density at radius 1 is 1.59 bits per heavy atom. The number of nitrogens with one attached hydrogen (secondary N) is 1. The average molecular weight is 345 g/mol. The number of halogens is 2. The molecule has 5 nitrogen and oxygen atoms in total. The molecule has 0 aliphatic rings. The van der Waals surface area contributed by atoms with Gasteiger partial charge in [0.25, 0.3) is 5.76 Å². The molecule has 1 amide bonds. The topological polar surface area (TPSA) is 67.5 Å². The highest BCUT2D eigenvalue weighted by Crippen LogP contribution is 2.20. The minimum atomic E-state index is -2.43. The van der Waals surface area contributed by atoms with Crippen molar-refractivity contribution in [2.75, 3.05) is 0 Å². The molecule has 0 aliphatic heterocycles. The largest absolute Gasteiger partial charge is 0.459 e. The summed E-state index contributed by atoms with van der Waals surface area (Å²) in [6, 6.07) is 3.19. The number of thiazole rings is 1. The van der Waals surface area contributed by atoms with Gasteiger partial charge in [0.05, 0.1) is 29.1 Å². The molecule has 0 aliphatic carbocycles. The third-order valence-electron chi connectivity index (χ3n) is 2.42. The van der Waals surface area contributed by atoms with Crippen LogP contribution in [0.15, 0.2) is 27.0 Å². The van der Waals surface area contributed by atoms with E-state index >= 15 is 0 Å². The van der Waals surface area contributed by atoms with Crippen LogP contribution in [0.25, 0.3) is 0 Å². The summed E-state index contributed by atoms with van der Waals surface area (Å²) in [5.74, 6) is -1.83. The molecule has 2 rings (SSSR count). The van der Waals surface area contributed by atoms with E-state index in [1.807, 2.05) is 12.3 Å². The number of aryl methyl sites for hydroxylation is 1. The number of thioether (sulfide) groups is 1. The van der Waals surface area contributed by atoms with Crippen LogP contribution in [0.4, 0.5) is 8.78 Å². The molecule has 0 spiro atoms. The maximum absolute atomic E-state index is 12.0. The van der Waals surface area contributed by atoms with Crippen molar-refractivity contribution in [2.24, 2.45) is 5.10 Å². The van der Waals surface area contributed by atoms with Crippen LogP contribution < -0.4 is 5.43 Å². The second-order valence-electron chi connectivity index (χ2n) is 4.20. The monoisotopic (exact) mass is 345 g/mol. The highest BCUT2D eigenvalue weighted by molar-refractivity contribution is 7.98. The molecule has 0 aromatic carbocycles. The molecule has 1 N–H and O–H groups in total. The predicted molar refractivity (Wildman–Crippen MR) is 82.3 cm³/mol. The Balaban J connectivity index is 1.78. The van der Waals surface area contributed by atoms with Crippen molar-refractivity contribution in [1.29, 1.82) is 0 Å². The highest BCUT2D eigenvalue weighted by Gasteiger charge is 2.07. The molecule has 2 aromatic rings. The minimum absolute atomic E-state index is 0.0844. The van der Waals surface area contributed by atoms with E-state index in [2.05, 4.69) is 15.5 Å². The molecular formula is C13H13F2N3O2S2. The van der Waals surface area contributed by atoms with Gasteiger partial charge < -0.3 is 4.42 Å². The highest BCUT2D eigenvalue weighted by atomic mass is 32.2. The van der Waals surface area contributed by atoms with E-state index in [9.17, 15) is 13.6 Å². The van der Waals surface area contributed by atoms with Gasteiger partial charge in [-0.05, 0) is 19.1 Å². The number of alkyl halides is 2. The fourth-order valence-corrected chi connectivity index (χ4v) is 2.61. The molecule has 2 aromatic heterocycles. The van der Waals surface area contributed by atoms with Gasteiger partial charge in [0, 0.05) is 5.38 Å². The van der Waals surface area contributed by atoms with Gasteiger partial charge in [-0.1, -0.05) is 11.8 Å². The third kappa shape index (κ3) is 5.57. The van der Waals surface area contributed by atoms with E-state index in [4.69, 9.17) is 4.42 Å². The number of carbonyl (C=O) groups is 1. The average Bonchev–Trinajstić information content (AvgIpc) is 3.06. The number of amides is 1. The predicted octanol–water partition coefficient (Wildman–Crippen LogP) is 3.19. The first-order valence-corrected chi connectivity index (χ1v) is 8.17. The van der Waals surface area contributed by atoms with Gasteiger partial charge in [-0.15, -0.1) is 11.3 Å². The number of nitrogens with zero attached hydrogens (tertiary/aromatic N) is 2. The molecular weight excluding hydrogens is 332 g/mol. The van der Waals surface area contributed by atoms with Crippen LogP contribution in [-0.4, -0.2) is 22.9 Å². The summed E-state index contributed by atoms with van der Waals surface area (Å²) in [6.45, 7) is 1.87. The Kier molecular flexibility index (Phi) is 6.08. The van der Waals surface area contributed by atoms with Crippen molar-refractivity contribution in [3.05, 3.63) is 39.7 Å². The van der Waals surface area contributed by atoms with Gasteiger partial charge in [0.2, 0.25) is 5.91 Å². The summed E-state index contributed by atoms with van der Waals surface area (Å²) < 4.78 is 29.4. The number of carbonyl (C=O) groups excluding carboxylic acids is 1. The summed E-state index contributed by atoms with van der Waals surface area (Å²) in [4.78, 5) is 15.8. The molecule has 0 saturated heterocycles. The summed E-state index contributed by atoms with van der Waals surface area (Å²) in [5.41, 5.74) is 3.05. The zero-order valence-electron chi connectivity index (χ0n) is 11.6. The molecule has 0 unspecified atom stereocenters. The zero-order chi connectivity index (χ0) is 15.9. The number of hydrogen-bond donors (Lipinski definition) is 1. The number of hydrogen-bond acceptors (Lipinski definition) is 6. The molecule has 0 atom stereocenters. The van der Waals surface area contributed by atoms with Crippen molar-refractivity contribution in [2.45, 2.75) is 24.9 Å². The lowest BCUT2D eigenvalue weighted by atomic mass is 10.3. The number of rotatable bonds is 7. The standard InChI is InChI=1S/C13H13F2N3O2S2/c1-8-17-9(6-21-8)4-12(19)18-16-5-10-2-3-11(20-10)7-22-13(14)15/h2-3,5-6,13H,4,7H2,1H3,(H,18,19). The van der Waals surface area contributed by atoms with Crippen molar-refractivity contribution in [1.82, 2.24) is 10.4 Å². The van der Waals surface area contributed by atoms with Crippen LogP contribution >= 0.6 is 23.1 Å². The van der Waals surface area contributed by atoms with Crippen LogP contribution in [0.3, 0.4) is 0 Å². The number of aromatic nitrogens is 1. The van der Waals surface area contributed by atoms with Gasteiger partial charge in [-0.25, -0.2) is 10.4 Å². The lowest BCUT2D eigenvalue weighted by molar-refractivity contribution is -0.120. The van der Waals surface area contributed by atoms with E-state index in [1.165, 1.54) is 17.6 Å². The van der Waals surface area contributed by atoms with E-state index in [-0.39, 0.29) is 18.1 Å².